The van der Waals surface area contributed by atoms with Crippen molar-refractivity contribution in [3.8, 4) is 11.8 Å². The van der Waals surface area contributed by atoms with Crippen LogP contribution in [0.15, 0.2) is 24.3 Å². The van der Waals surface area contributed by atoms with Crippen molar-refractivity contribution in [2.75, 3.05) is 13.2 Å². The second-order valence-electron chi connectivity index (χ2n) is 5.33. The summed E-state index contributed by atoms with van der Waals surface area (Å²) < 4.78 is 5.59. The molecular weight excluding hydrogens is 268 g/mol. The molecule has 1 saturated carbocycles. The molecule has 0 bridgehead atoms. The fraction of sp³-hybridized carbons (Fsp3) is 0.500. The van der Waals surface area contributed by atoms with Gasteiger partial charge in [-0.05, 0) is 49.9 Å². The monoisotopic (exact) mass is 288 g/mol. The first-order chi connectivity index (χ1) is 10.2. The number of hydrogen-bond acceptors (Lipinski definition) is 4. The van der Waals surface area contributed by atoms with Crippen LogP contribution in [-0.4, -0.2) is 30.3 Å². The molecule has 2 rings (SSSR count). The molecule has 0 atom stereocenters. The van der Waals surface area contributed by atoms with E-state index in [9.17, 15) is 4.79 Å². The lowest BCUT2D eigenvalue weighted by Gasteiger charge is -2.26. The largest absolute Gasteiger partial charge is 0.492 e. The second kappa shape index (κ2) is 7.65. The van der Waals surface area contributed by atoms with E-state index in [1.165, 1.54) is 0 Å². The SMILES string of the molecule is N#Cc1ccc(OCCNC2CCC(C(=O)O)CC2)cc1. The van der Waals surface area contributed by atoms with Crippen molar-refractivity contribution in [2.24, 2.45) is 5.92 Å². The zero-order valence-corrected chi connectivity index (χ0v) is 11.9. The predicted octanol–water partition coefficient (Wildman–Crippen LogP) is 2.17. The van der Waals surface area contributed by atoms with Crippen LogP contribution in [0.25, 0.3) is 0 Å². The summed E-state index contributed by atoms with van der Waals surface area (Å²) in [6.45, 7) is 1.30. The predicted molar refractivity (Wildman–Crippen MR) is 78.0 cm³/mol. The number of rotatable bonds is 6. The lowest BCUT2D eigenvalue weighted by Crippen LogP contribution is -2.37. The van der Waals surface area contributed by atoms with E-state index in [2.05, 4.69) is 11.4 Å². The summed E-state index contributed by atoms with van der Waals surface area (Å²) in [5.41, 5.74) is 0.621. The molecule has 2 N–H and O–H groups in total. The highest BCUT2D eigenvalue weighted by Crippen LogP contribution is 2.24. The second-order valence-corrected chi connectivity index (χ2v) is 5.33. The van der Waals surface area contributed by atoms with Gasteiger partial charge in [0, 0.05) is 12.6 Å². The molecule has 1 fully saturated rings. The van der Waals surface area contributed by atoms with Gasteiger partial charge in [0.1, 0.15) is 12.4 Å². The molecule has 21 heavy (non-hydrogen) atoms. The topological polar surface area (TPSA) is 82.3 Å². The van der Waals surface area contributed by atoms with Crippen molar-refractivity contribution >= 4 is 5.97 Å². The maximum Gasteiger partial charge on any atom is 0.306 e. The fourth-order valence-corrected chi connectivity index (χ4v) is 2.60. The Morgan fingerprint density at radius 1 is 1.29 bits per heavy atom. The number of nitriles is 1. The van der Waals surface area contributed by atoms with Crippen LogP contribution in [0.3, 0.4) is 0 Å². The molecular formula is C16H20N2O3. The van der Waals surface area contributed by atoms with Crippen LogP contribution in [0.2, 0.25) is 0 Å². The van der Waals surface area contributed by atoms with Crippen molar-refractivity contribution in [2.45, 2.75) is 31.7 Å². The third-order valence-electron chi connectivity index (χ3n) is 3.86. The molecule has 0 spiro atoms. The molecule has 0 aromatic heterocycles. The van der Waals surface area contributed by atoms with E-state index >= 15 is 0 Å². The Kier molecular flexibility index (Phi) is 5.59. The van der Waals surface area contributed by atoms with Gasteiger partial charge in [0.05, 0.1) is 17.6 Å². The van der Waals surface area contributed by atoms with E-state index in [1.54, 1.807) is 24.3 Å². The van der Waals surface area contributed by atoms with Crippen molar-refractivity contribution in [3.63, 3.8) is 0 Å². The van der Waals surface area contributed by atoms with Crippen LogP contribution in [0.4, 0.5) is 0 Å². The quantitative estimate of drug-likeness (QED) is 0.784. The van der Waals surface area contributed by atoms with E-state index in [0.717, 1.165) is 38.0 Å². The number of nitrogens with zero attached hydrogens (tertiary/aromatic N) is 1. The van der Waals surface area contributed by atoms with Crippen LogP contribution in [0, 0.1) is 17.2 Å². The van der Waals surface area contributed by atoms with Crippen molar-refractivity contribution in [1.29, 1.82) is 5.26 Å². The Morgan fingerprint density at radius 2 is 1.95 bits per heavy atom. The van der Waals surface area contributed by atoms with Gasteiger partial charge in [0.2, 0.25) is 0 Å². The van der Waals surface area contributed by atoms with Gasteiger partial charge in [-0.2, -0.15) is 5.26 Å². The van der Waals surface area contributed by atoms with Gasteiger partial charge >= 0.3 is 5.97 Å². The van der Waals surface area contributed by atoms with Gasteiger partial charge in [0.15, 0.2) is 0 Å². The van der Waals surface area contributed by atoms with Gasteiger partial charge in [-0.25, -0.2) is 0 Å². The van der Waals surface area contributed by atoms with Gasteiger partial charge in [-0.3, -0.25) is 4.79 Å². The van der Waals surface area contributed by atoms with Gasteiger partial charge < -0.3 is 15.2 Å². The number of aliphatic carboxylic acids is 1. The Morgan fingerprint density at radius 3 is 2.52 bits per heavy atom. The molecule has 0 unspecified atom stereocenters. The Balaban J connectivity index is 1.62. The zero-order valence-electron chi connectivity index (χ0n) is 11.9. The van der Waals surface area contributed by atoms with Gasteiger partial charge in [-0.1, -0.05) is 0 Å². The highest BCUT2D eigenvalue weighted by atomic mass is 16.5. The summed E-state index contributed by atoms with van der Waals surface area (Å²) in [5, 5.41) is 21.0. The molecule has 112 valence electrons. The third kappa shape index (κ3) is 4.76. The van der Waals surface area contributed by atoms with E-state index in [0.29, 0.717) is 18.2 Å². The molecule has 5 nitrogen and oxygen atoms in total. The van der Waals surface area contributed by atoms with Crippen molar-refractivity contribution < 1.29 is 14.6 Å². The number of carboxylic acids is 1. The number of nitrogens with one attached hydrogen (secondary N) is 1. The highest BCUT2D eigenvalue weighted by Gasteiger charge is 2.25. The first kappa shape index (κ1) is 15.3. The number of hydrogen-bond donors (Lipinski definition) is 2. The third-order valence-corrected chi connectivity index (χ3v) is 3.86. The smallest absolute Gasteiger partial charge is 0.306 e. The van der Waals surface area contributed by atoms with Crippen LogP contribution in [0.1, 0.15) is 31.2 Å². The normalized spacial score (nSPS) is 21.5. The maximum absolute atomic E-state index is 10.9. The first-order valence-corrected chi connectivity index (χ1v) is 7.28. The lowest BCUT2D eigenvalue weighted by molar-refractivity contribution is -0.142. The number of carboxylic acid groups (broad SMARTS) is 1. The summed E-state index contributed by atoms with van der Waals surface area (Å²) in [5.74, 6) is -0.0825. The molecule has 1 aliphatic rings. The number of carbonyl (C=O) groups is 1. The Labute approximate surface area is 124 Å². The minimum absolute atomic E-state index is 0.169. The molecule has 0 radical (unpaired) electrons. The van der Waals surface area contributed by atoms with E-state index in [-0.39, 0.29) is 5.92 Å². The number of ether oxygens (including phenoxy) is 1. The maximum atomic E-state index is 10.9. The minimum atomic E-state index is -0.669. The Bertz CT molecular complexity index is 499. The molecule has 0 saturated heterocycles. The lowest BCUT2D eigenvalue weighted by atomic mass is 9.86. The van der Waals surface area contributed by atoms with Crippen LogP contribution >= 0.6 is 0 Å². The van der Waals surface area contributed by atoms with E-state index < -0.39 is 5.97 Å². The molecule has 1 aromatic rings. The minimum Gasteiger partial charge on any atom is -0.492 e. The summed E-state index contributed by atoms with van der Waals surface area (Å²) in [7, 11) is 0. The van der Waals surface area contributed by atoms with E-state index in [1.807, 2.05) is 0 Å². The molecule has 0 aliphatic heterocycles. The molecule has 5 heteroatoms. The Hall–Kier alpha value is -2.06. The average Bonchev–Trinajstić information content (AvgIpc) is 2.52. The first-order valence-electron chi connectivity index (χ1n) is 7.28. The average molecular weight is 288 g/mol. The highest BCUT2D eigenvalue weighted by molar-refractivity contribution is 5.70. The molecule has 0 amide bonds. The van der Waals surface area contributed by atoms with Gasteiger partial charge in [-0.15, -0.1) is 0 Å². The molecule has 1 aromatic carbocycles. The summed E-state index contributed by atoms with van der Waals surface area (Å²) in [6, 6.07) is 9.50. The summed E-state index contributed by atoms with van der Waals surface area (Å²) in [4.78, 5) is 10.9. The van der Waals surface area contributed by atoms with Crippen molar-refractivity contribution in [1.82, 2.24) is 5.32 Å². The van der Waals surface area contributed by atoms with Crippen LogP contribution < -0.4 is 10.1 Å². The van der Waals surface area contributed by atoms with Crippen molar-refractivity contribution in [3.05, 3.63) is 29.8 Å². The van der Waals surface area contributed by atoms with Crippen LogP contribution in [0.5, 0.6) is 5.75 Å². The summed E-state index contributed by atoms with van der Waals surface area (Å²) >= 11 is 0. The molecule has 1 aliphatic carbocycles. The summed E-state index contributed by atoms with van der Waals surface area (Å²) in [6.07, 6.45) is 3.33. The zero-order chi connectivity index (χ0) is 15.1. The standard InChI is InChI=1S/C16H20N2O3/c17-11-12-1-7-15(8-2-12)21-10-9-18-14-5-3-13(4-6-14)16(19)20/h1-2,7-8,13-14,18H,3-6,9-10H2,(H,19,20). The molecule has 0 heterocycles. The van der Waals surface area contributed by atoms with Gasteiger partial charge in [0.25, 0.3) is 0 Å². The van der Waals surface area contributed by atoms with Crippen LogP contribution in [-0.2, 0) is 4.79 Å². The fourth-order valence-electron chi connectivity index (χ4n) is 2.60. The van der Waals surface area contributed by atoms with E-state index in [4.69, 9.17) is 15.1 Å². The number of benzene rings is 1.